The molecule has 1 amide bonds. The average molecular weight is 278 g/mol. The van der Waals surface area contributed by atoms with Gasteiger partial charge in [0.2, 0.25) is 5.91 Å². The number of nitrogens with zero attached hydrogens (tertiary/aromatic N) is 3. The van der Waals surface area contributed by atoms with E-state index in [0.29, 0.717) is 18.4 Å². The minimum Gasteiger partial charge on any atom is -0.341 e. The molecule has 1 atom stereocenters. The Labute approximate surface area is 121 Å². The maximum Gasteiger partial charge on any atom is 0.222 e. The molecule has 0 radical (unpaired) electrons. The Hall–Kier alpha value is -1.36. The van der Waals surface area contributed by atoms with Gasteiger partial charge in [0, 0.05) is 43.9 Å². The van der Waals surface area contributed by atoms with Crippen LogP contribution in [0.2, 0.25) is 0 Å². The zero-order valence-electron chi connectivity index (χ0n) is 13.0. The smallest absolute Gasteiger partial charge is 0.222 e. The van der Waals surface area contributed by atoms with Crippen molar-refractivity contribution in [1.29, 1.82) is 0 Å². The van der Waals surface area contributed by atoms with Gasteiger partial charge >= 0.3 is 0 Å². The van der Waals surface area contributed by atoms with E-state index in [1.54, 1.807) is 0 Å². The lowest BCUT2D eigenvalue weighted by Gasteiger charge is -2.21. The van der Waals surface area contributed by atoms with Gasteiger partial charge in [-0.3, -0.25) is 9.48 Å². The van der Waals surface area contributed by atoms with Gasteiger partial charge in [0.05, 0.1) is 11.7 Å². The van der Waals surface area contributed by atoms with Crippen LogP contribution in [0.15, 0.2) is 12.4 Å². The summed E-state index contributed by atoms with van der Waals surface area (Å²) in [6.07, 6.45) is 5.71. The summed E-state index contributed by atoms with van der Waals surface area (Å²) >= 11 is 0. The zero-order valence-corrected chi connectivity index (χ0v) is 13.0. The second-order valence-corrected chi connectivity index (χ2v) is 6.69. The molecule has 2 rings (SSSR count). The van der Waals surface area contributed by atoms with Gasteiger partial charge in [0.25, 0.3) is 0 Å². The summed E-state index contributed by atoms with van der Waals surface area (Å²) in [4.78, 5) is 13.5. The molecule has 1 N–H and O–H groups in total. The molecule has 5 heteroatoms. The lowest BCUT2D eigenvalue weighted by atomic mass is 10.1. The Kier molecular flexibility index (Phi) is 4.48. The summed E-state index contributed by atoms with van der Waals surface area (Å²) in [6.45, 7) is 11.0. The van der Waals surface area contributed by atoms with Crippen LogP contribution in [0, 0.1) is 0 Å². The van der Waals surface area contributed by atoms with Gasteiger partial charge in [-0.1, -0.05) is 0 Å². The summed E-state index contributed by atoms with van der Waals surface area (Å²) in [5.41, 5.74) is 1.20. The molecule has 0 spiro atoms. The molecule has 0 bridgehead atoms. The number of amides is 1. The van der Waals surface area contributed by atoms with Crippen LogP contribution in [0.3, 0.4) is 0 Å². The van der Waals surface area contributed by atoms with E-state index in [2.05, 4.69) is 44.3 Å². The van der Waals surface area contributed by atoms with E-state index < -0.39 is 0 Å². The first-order valence-corrected chi connectivity index (χ1v) is 7.41. The number of rotatable bonds is 5. The lowest BCUT2D eigenvalue weighted by Crippen LogP contribution is -2.39. The van der Waals surface area contributed by atoms with E-state index >= 15 is 0 Å². The first kappa shape index (κ1) is 15.0. The predicted molar refractivity (Wildman–Crippen MR) is 79.3 cm³/mol. The number of likely N-dealkylation sites (tertiary alicyclic amines) is 1. The van der Waals surface area contributed by atoms with Gasteiger partial charge in [-0.05, 0) is 34.1 Å². The second-order valence-electron chi connectivity index (χ2n) is 6.69. The SMILES string of the molecule is CC(CN1CCCC1=O)NCc1cnn(C(C)(C)C)c1. The van der Waals surface area contributed by atoms with Crippen molar-refractivity contribution in [2.75, 3.05) is 13.1 Å². The van der Waals surface area contributed by atoms with Crippen LogP contribution < -0.4 is 5.32 Å². The number of hydrogen-bond donors (Lipinski definition) is 1. The van der Waals surface area contributed by atoms with Gasteiger partial charge in [-0.15, -0.1) is 0 Å². The molecule has 112 valence electrons. The number of carbonyl (C=O) groups excluding carboxylic acids is 1. The molecule has 1 saturated heterocycles. The van der Waals surface area contributed by atoms with Crippen molar-refractivity contribution in [1.82, 2.24) is 20.0 Å². The van der Waals surface area contributed by atoms with Crippen LogP contribution in [0.5, 0.6) is 0 Å². The summed E-state index contributed by atoms with van der Waals surface area (Å²) in [5.74, 6) is 0.291. The first-order chi connectivity index (χ1) is 9.36. The highest BCUT2D eigenvalue weighted by atomic mass is 16.2. The van der Waals surface area contributed by atoms with Crippen molar-refractivity contribution in [2.45, 2.75) is 58.7 Å². The largest absolute Gasteiger partial charge is 0.341 e. The Morgan fingerprint density at radius 2 is 2.20 bits per heavy atom. The third kappa shape index (κ3) is 3.82. The van der Waals surface area contributed by atoms with E-state index in [-0.39, 0.29) is 5.54 Å². The minimum absolute atomic E-state index is 0.0197. The van der Waals surface area contributed by atoms with Crippen molar-refractivity contribution in [2.24, 2.45) is 0 Å². The van der Waals surface area contributed by atoms with Crippen LogP contribution in [0.1, 0.15) is 46.1 Å². The number of carbonyl (C=O) groups is 1. The van der Waals surface area contributed by atoms with Crippen molar-refractivity contribution in [3.8, 4) is 0 Å². The lowest BCUT2D eigenvalue weighted by molar-refractivity contribution is -0.127. The fourth-order valence-corrected chi connectivity index (χ4v) is 2.40. The van der Waals surface area contributed by atoms with Gasteiger partial charge in [-0.2, -0.15) is 5.10 Å². The molecule has 0 aliphatic carbocycles. The molecule has 0 saturated carbocycles. The number of hydrogen-bond acceptors (Lipinski definition) is 3. The van der Waals surface area contributed by atoms with Crippen molar-refractivity contribution in [3.63, 3.8) is 0 Å². The molecule has 5 nitrogen and oxygen atoms in total. The van der Waals surface area contributed by atoms with Gasteiger partial charge in [0.15, 0.2) is 0 Å². The van der Waals surface area contributed by atoms with Gasteiger partial charge in [-0.25, -0.2) is 0 Å². The highest BCUT2D eigenvalue weighted by Crippen LogP contribution is 2.13. The molecule has 1 aromatic rings. The van der Waals surface area contributed by atoms with Crippen molar-refractivity contribution in [3.05, 3.63) is 18.0 Å². The third-order valence-corrected chi connectivity index (χ3v) is 3.64. The van der Waals surface area contributed by atoms with Gasteiger partial charge in [0.1, 0.15) is 0 Å². The van der Waals surface area contributed by atoms with Crippen LogP contribution in [0.4, 0.5) is 0 Å². The molecule has 0 aromatic carbocycles. The topological polar surface area (TPSA) is 50.2 Å². The molecule has 1 aliphatic heterocycles. The molecular formula is C15H26N4O. The Morgan fingerprint density at radius 1 is 1.45 bits per heavy atom. The summed E-state index contributed by atoms with van der Waals surface area (Å²) in [5, 5.41) is 7.86. The third-order valence-electron chi connectivity index (χ3n) is 3.64. The van der Waals surface area contributed by atoms with Crippen molar-refractivity contribution < 1.29 is 4.79 Å². The quantitative estimate of drug-likeness (QED) is 0.892. The maximum absolute atomic E-state index is 11.6. The molecule has 20 heavy (non-hydrogen) atoms. The fourth-order valence-electron chi connectivity index (χ4n) is 2.40. The van der Waals surface area contributed by atoms with E-state index in [1.165, 1.54) is 5.56 Å². The highest BCUT2D eigenvalue weighted by molar-refractivity contribution is 5.78. The molecule has 2 heterocycles. The normalized spacial score (nSPS) is 17.8. The fraction of sp³-hybridized carbons (Fsp3) is 0.733. The number of nitrogens with one attached hydrogen (secondary N) is 1. The van der Waals surface area contributed by atoms with E-state index in [9.17, 15) is 4.79 Å². The van der Waals surface area contributed by atoms with Crippen LogP contribution in [-0.4, -0.2) is 39.7 Å². The molecule has 1 aromatic heterocycles. The first-order valence-electron chi connectivity index (χ1n) is 7.41. The van der Waals surface area contributed by atoms with Crippen LogP contribution >= 0.6 is 0 Å². The highest BCUT2D eigenvalue weighted by Gasteiger charge is 2.21. The zero-order chi connectivity index (χ0) is 14.8. The number of aromatic nitrogens is 2. The molecule has 1 fully saturated rings. The minimum atomic E-state index is 0.0197. The summed E-state index contributed by atoms with van der Waals surface area (Å²) < 4.78 is 1.98. The van der Waals surface area contributed by atoms with E-state index in [4.69, 9.17) is 0 Å². The molecule has 1 unspecified atom stereocenters. The van der Waals surface area contributed by atoms with E-state index in [0.717, 1.165) is 26.1 Å². The molecule has 1 aliphatic rings. The Balaban J connectivity index is 1.79. The predicted octanol–water partition coefficient (Wildman–Crippen LogP) is 1.74. The van der Waals surface area contributed by atoms with Crippen LogP contribution in [0.25, 0.3) is 0 Å². The summed E-state index contributed by atoms with van der Waals surface area (Å²) in [6, 6.07) is 0.301. The Morgan fingerprint density at radius 3 is 2.75 bits per heavy atom. The maximum atomic E-state index is 11.6. The van der Waals surface area contributed by atoms with Gasteiger partial charge < -0.3 is 10.2 Å². The van der Waals surface area contributed by atoms with E-state index in [1.807, 2.05) is 15.8 Å². The standard InChI is InChI=1S/C15H26N4O/c1-12(10-18-7-5-6-14(18)20)16-8-13-9-17-19(11-13)15(2,3)4/h9,11-12,16H,5-8,10H2,1-4H3. The average Bonchev–Trinajstić information content (AvgIpc) is 2.96. The monoisotopic (exact) mass is 278 g/mol. The molecular weight excluding hydrogens is 252 g/mol. The van der Waals surface area contributed by atoms with Crippen molar-refractivity contribution >= 4 is 5.91 Å². The second kappa shape index (κ2) is 5.95. The van der Waals surface area contributed by atoms with Crippen LogP contribution in [-0.2, 0) is 16.9 Å². The Bertz CT molecular complexity index is 461. The summed E-state index contributed by atoms with van der Waals surface area (Å²) in [7, 11) is 0.